The first-order valence-corrected chi connectivity index (χ1v) is 4.41. The Kier molecular flexibility index (Phi) is 2.35. The Morgan fingerprint density at radius 2 is 2.10 bits per heavy atom. The minimum atomic E-state index is -0.241. The van der Waals surface area contributed by atoms with Crippen molar-refractivity contribution in [1.82, 2.24) is 0 Å². The van der Waals surface area contributed by atoms with E-state index in [0.29, 0.717) is 5.92 Å². The first-order chi connectivity index (χ1) is 4.69. The van der Waals surface area contributed by atoms with Gasteiger partial charge in [0.1, 0.15) is 0 Å². The van der Waals surface area contributed by atoms with E-state index in [1.165, 1.54) is 19.3 Å². The van der Waals surface area contributed by atoms with Crippen molar-refractivity contribution in [2.24, 2.45) is 5.92 Å². The van der Waals surface area contributed by atoms with E-state index in [-0.39, 0.29) is 5.60 Å². The highest BCUT2D eigenvalue weighted by Gasteiger charge is 2.48. The zero-order valence-corrected chi connectivity index (χ0v) is 7.06. The molecule has 1 nitrogen and oxygen atoms in total. The molecule has 0 aromatic heterocycles. The van der Waals surface area contributed by atoms with Gasteiger partial charge in [-0.05, 0) is 18.8 Å². The second kappa shape index (κ2) is 2.91. The lowest BCUT2D eigenvalue weighted by Crippen LogP contribution is -2.08. The lowest BCUT2D eigenvalue weighted by molar-refractivity contribution is 0.121. The third kappa shape index (κ3) is 1.72. The van der Waals surface area contributed by atoms with E-state index in [1.807, 2.05) is 0 Å². The molecule has 2 atom stereocenters. The van der Waals surface area contributed by atoms with Gasteiger partial charge in [0.15, 0.2) is 0 Å². The maximum Gasteiger partial charge on any atom is 0.0677 e. The molecular formula is C9H18O. The fourth-order valence-corrected chi connectivity index (χ4v) is 1.50. The molecule has 1 aliphatic rings. The Hall–Kier alpha value is -0.0400. The average molecular weight is 142 g/mol. The van der Waals surface area contributed by atoms with Gasteiger partial charge in [-0.25, -0.2) is 0 Å². The molecule has 1 fully saturated rings. The minimum absolute atomic E-state index is 0.241. The van der Waals surface area contributed by atoms with Crippen LogP contribution < -0.4 is 0 Å². The van der Waals surface area contributed by atoms with Crippen LogP contribution >= 0.6 is 0 Å². The molecule has 0 bridgehead atoms. The Bertz CT molecular complexity index is 111. The number of unbranched alkanes of at least 4 members (excludes halogenated alkanes) is 2. The Labute approximate surface area is 63.4 Å². The van der Waals surface area contributed by atoms with Crippen LogP contribution in [-0.2, 0) is 0 Å². The van der Waals surface area contributed by atoms with E-state index < -0.39 is 0 Å². The van der Waals surface area contributed by atoms with Crippen LogP contribution in [0.1, 0.15) is 46.0 Å². The zero-order chi connectivity index (χ0) is 7.61. The van der Waals surface area contributed by atoms with Gasteiger partial charge >= 0.3 is 0 Å². The predicted octanol–water partition coefficient (Wildman–Crippen LogP) is 2.34. The molecule has 60 valence electrons. The second-order valence-electron chi connectivity index (χ2n) is 3.67. The van der Waals surface area contributed by atoms with E-state index in [2.05, 4.69) is 13.8 Å². The van der Waals surface area contributed by atoms with Gasteiger partial charge in [0, 0.05) is 0 Å². The molecule has 0 aliphatic heterocycles. The van der Waals surface area contributed by atoms with Crippen LogP contribution in [0.2, 0.25) is 0 Å². The van der Waals surface area contributed by atoms with Crippen molar-refractivity contribution in [3.05, 3.63) is 0 Å². The Morgan fingerprint density at radius 1 is 1.50 bits per heavy atom. The largest absolute Gasteiger partial charge is 0.390 e. The summed E-state index contributed by atoms with van der Waals surface area (Å²) >= 11 is 0. The maximum absolute atomic E-state index is 9.62. The summed E-state index contributed by atoms with van der Waals surface area (Å²) in [4.78, 5) is 0. The lowest BCUT2D eigenvalue weighted by Gasteiger charge is -2.06. The molecule has 1 N–H and O–H groups in total. The highest BCUT2D eigenvalue weighted by molar-refractivity contribution is 5.00. The van der Waals surface area contributed by atoms with Gasteiger partial charge in [-0.1, -0.05) is 33.1 Å². The van der Waals surface area contributed by atoms with Gasteiger partial charge in [0.05, 0.1) is 5.60 Å². The molecule has 1 heteroatoms. The topological polar surface area (TPSA) is 20.2 Å². The standard InChI is InChI=1S/C9H18O/c1-3-4-5-6-9(10)7-8(9)2/h8,10H,3-7H2,1-2H3. The monoisotopic (exact) mass is 142 g/mol. The van der Waals surface area contributed by atoms with Crippen molar-refractivity contribution in [2.45, 2.75) is 51.6 Å². The van der Waals surface area contributed by atoms with Gasteiger partial charge in [-0.15, -0.1) is 0 Å². The number of hydrogen-bond acceptors (Lipinski definition) is 1. The van der Waals surface area contributed by atoms with Crippen LogP contribution in [0.4, 0.5) is 0 Å². The molecule has 0 heterocycles. The van der Waals surface area contributed by atoms with Gasteiger partial charge in [-0.3, -0.25) is 0 Å². The summed E-state index contributed by atoms with van der Waals surface area (Å²) in [5.41, 5.74) is -0.241. The van der Waals surface area contributed by atoms with E-state index in [9.17, 15) is 5.11 Å². The van der Waals surface area contributed by atoms with E-state index in [0.717, 1.165) is 12.8 Å². The molecule has 1 rings (SSSR count). The van der Waals surface area contributed by atoms with Crippen LogP contribution in [-0.4, -0.2) is 10.7 Å². The van der Waals surface area contributed by atoms with Crippen molar-refractivity contribution in [1.29, 1.82) is 0 Å². The zero-order valence-electron chi connectivity index (χ0n) is 7.06. The molecule has 0 aromatic carbocycles. The average Bonchev–Trinajstić information content (AvgIpc) is 2.42. The third-order valence-electron chi connectivity index (χ3n) is 2.63. The number of rotatable bonds is 4. The van der Waals surface area contributed by atoms with Gasteiger partial charge in [-0.2, -0.15) is 0 Å². The molecule has 0 saturated heterocycles. The molecular weight excluding hydrogens is 124 g/mol. The van der Waals surface area contributed by atoms with Crippen LogP contribution in [0.3, 0.4) is 0 Å². The predicted molar refractivity (Wildman–Crippen MR) is 42.9 cm³/mol. The van der Waals surface area contributed by atoms with Crippen molar-refractivity contribution in [3.63, 3.8) is 0 Å². The molecule has 0 radical (unpaired) electrons. The van der Waals surface area contributed by atoms with Crippen LogP contribution in [0.25, 0.3) is 0 Å². The summed E-state index contributed by atoms with van der Waals surface area (Å²) in [5, 5.41) is 9.62. The van der Waals surface area contributed by atoms with E-state index >= 15 is 0 Å². The highest BCUT2D eigenvalue weighted by atomic mass is 16.3. The Morgan fingerprint density at radius 3 is 2.50 bits per heavy atom. The lowest BCUT2D eigenvalue weighted by atomic mass is 10.1. The van der Waals surface area contributed by atoms with Crippen LogP contribution in [0.5, 0.6) is 0 Å². The normalized spacial score (nSPS) is 38.1. The summed E-state index contributed by atoms with van der Waals surface area (Å²) in [6, 6.07) is 0. The van der Waals surface area contributed by atoms with Crippen molar-refractivity contribution < 1.29 is 5.11 Å². The quantitative estimate of drug-likeness (QED) is 0.597. The number of hydrogen-bond donors (Lipinski definition) is 1. The molecule has 2 unspecified atom stereocenters. The van der Waals surface area contributed by atoms with Crippen molar-refractivity contribution in [2.75, 3.05) is 0 Å². The molecule has 1 saturated carbocycles. The van der Waals surface area contributed by atoms with Crippen molar-refractivity contribution >= 4 is 0 Å². The first-order valence-electron chi connectivity index (χ1n) is 4.41. The fraction of sp³-hybridized carbons (Fsp3) is 1.00. The number of aliphatic hydroxyl groups is 1. The van der Waals surface area contributed by atoms with E-state index in [1.54, 1.807) is 0 Å². The Balaban J connectivity index is 2.03. The van der Waals surface area contributed by atoms with Gasteiger partial charge < -0.3 is 5.11 Å². The summed E-state index contributed by atoms with van der Waals surface area (Å²) in [6.07, 6.45) is 5.80. The smallest absolute Gasteiger partial charge is 0.0677 e. The maximum atomic E-state index is 9.62. The second-order valence-corrected chi connectivity index (χ2v) is 3.67. The van der Waals surface area contributed by atoms with E-state index in [4.69, 9.17) is 0 Å². The third-order valence-corrected chi connectivity index (χ3v) is 2.63. The van der Waals surface area contributed by atoms with Crippen molar-refractivity contribution in [3.8, 4) is 0 Å². The fourth-order valence-electron chi connectivity index (χ4n) is 1.50. The minimum Gasteiger partial charge on any atom is -0.390 e. The van der Waals surface area contributed by atoms with Gasteiger partial charge in [0.2, 0.25) is 0 Å². The summed E-state index contributed by atoms with van der Waals surface area (Å²) < 4.78 is 0. The molecule has 0 aromatic rings. The van der Waals surface area contributed by atoms with Crippen LogP contribution in [0.15, 0.2) is 0 Å². The SMILES string of the molecule is CCCCCC1(O)CC1C. The first kappa shape index (κ1) is 8.06. The van der Waals surface area contributed by atoms with Crippen LogP contribution in [0, 0.1) is 5.92 Å². The molecule has 1 aliphatic carbocycles. The summed E-state index contributed by atoms with van der Waals surface area (Å²) in [6.45, 7) is 4.33. The molecule has 0 spiro atoms. The summed E-state index contributed by atoms with van der Waals surface area (Å²) in [5.74, 6) is 0.573. The van der Waals surface area contributed by atoms with Gasteiger partial charge in [0.25, 0.3) is 0 Å². The summed E-state index contributed by atoms with van der Waals surface area (Å²) in [7, 11) is 0. The highest BCUT2D eigenvalue weighted by Crippen LogP contribution is 2.46. The molecule has 0 amide bonds. The molecule has 10 heavy (non-hydrogen) atoms.